The molecule has 0 bridgehead atoms. The summed E-state index contributed by atoms with van der Waals surface area (Å²) in [6.07, 6.45) is 4.50. The number of rotatable bonds is 9. The molecule has 0 fully saturated rings. The number of Topliss-reactive ketones (excluding diaryl/α,β-unsaturated/α-hetero) is 2. The first kappa shape index (κ1) is 22.4. The smallest absolute Gasteiger partial charge is 0.169 e. The summed E-state index contributed by atoms with van der Waals surface area (Å²) in [7, 11) is 0. The van der Waals surface area contributed by atoms with Gasteiger partial charge in [0, 0.05) is 23.8 Å². The molecule has 1 aliphatic carbocycles. The van der Waals surface area contributed by atoms with Gasteiger partial charge in [-0.2, -0.15) is 0 Å². The molecule has 0 spiro atoms. The van der Waals surface area contributed by atoms with Crippen LogP contribution in [-0.4, -0.2) is 27.9 Å². The Morgan fingerprint density at radius 3 is 2.23 bits per heavy atom. The average molecular weight is 363 g/mol. The summed E-state index contributed by atoms with van der Waals surface area (Å²) < 4.78 is 0. The Morgan fingerprint density at radius 1 is 1.15 bits per heavy atom. The second-order valence-electron chi connectivity index (χ2n) is 7.91. The standard InChI is InChI=1S/C22H34O4/c1-7-15(6)19(24)12-17-21(25)16(10-8-13(2)3)20(22(17)26)18(23)11-9-14(4)5/h8-9,15-16,18,20,23,25H,7,10-12H2,1-6H3. The first-order chi connectivity index (χ1) is 12.1. The molecular formula is C22H34O4. The molecule has 0 aliphatic heterocycles. The number of carbonyl (C=O) groups excluding carboxylic acids is 2. The van der Waals surface area contributed by atoms with Gasteiger partial charge in [-0.15, -0.1) is 0 Å². The fourth-order valence-corrected chi connectivity index (χ4v) is 3.22. The summed E-state index contributed by atoms with van der Waals surface area (Å²) in [5.74, 6) is -1.62. The van der Waals surface area contributed by atoms with Crippen molar-refractivity contribution in [2.75, 3.05) is 0 Å². The molecule has 4 unspecified atom stereocenters. The van der Waals surface area contributed by atoms with Gasteiger partial charge in [0.25, 0.3) is 0 Å². The summed E-state index contributed by atoms with van der Waals surface area (Å²) in [5, 5.41) is 21.3. The van der Waals surface area contributed by atoms with Gasteiger partial charge < -0.3 is 10.2 Å². The Bertz CT molecular complexity index is 616. The number of allylic oxidation sites excluding steroid dienone is 5. The van der Waals surface area contributed by atoms with Crippen LogP contribution in [0.5, 0.6) is 0 Å². The largest absolute Gasteiger partial charge is 0.512 e. The van der Waals surface area contributed by atoms with Crippen molar-refractivity contribution in [3.63, 3.8) is 0 Å². The zero-order valence-electron chi connectivity index (χ0n) is 17.0. The molecule has 0 amide bonds. The third-order valence-corrected chi connectivity index (χ3v) is 5.17. The quantitative estimate of drug-likeness (QED) is 0.583. The lowest BCUT2D eigenvalue weighted by Crippen LogP contribution is -2.31. The summed E-state index contributed by atoms with van der Waals surface area (Å²) in [4.78, 5) is 25.2. The molecular weight excluding hydrogens is 328 g/mol. The van der Waals surface area contributed by atoms with Gasteiger partial charge in [-0.05, 0) is 47.0 Å². The van der Waals surface area contributed by atoms with Gasteiger partial charge in [-0.1, -0.05) is 37.1 Å². The molecule has 146 valence electrons. The van der Waals surface area contributed by atoms with Crippen molar-refractivity contribution in [3.8, 4) is 0 Å². The van der Waals surface area contributed by atoms with Crippen LogP contribution in [0, 0.1) is 17.8 Å². The van der Waals surface area contributed by atoms with Gasteiger partial charge in [0.15, 0.2) is 5.78 Å². The molecule has 1 rings (SSSR count). The van der Waals surface area contributed by atoms with Crippen LogP contribution in [-0.2, 0) is 9.59 Å². The molecule has 0 radical (unpaired) electrons. The number of ketones is 2. The van der Waals surface area contributed by atoms with Crippen LogP contribution < -0.4 is 0 Å². The van der Waals surface area contributed by atoms with Crippen molar-refractivity contribution < 1.29 is 19.8 Å². The highest BCUT2D eigenvalue weighted by atomic mass is 16.3. The highest BCUT2D eigenvalue weighted by Gasteiger charge is 2.45. The molecule has 4 heteroatoms. The van der Waals surface area contributed by atoms with E-state index in [1.165, 1.54) is 0 Å². The first-order valence-corrected chi connectivity index (χ1v) is 9.53. The third kappa shape index (κ3) is 5.66. The van der Waals surface area contributed by atoms with Crippen molar-refractivity contribution in [2.45, 2.75) is 73.3 Å². The molecule has 1 aliphatic rings. The van der Waals surface area contributed by atoms with Crippen LogP contribution in [0.25, 0.3) is 0 Å². The highest BCUT2D eigenvalue weighted by molar-refractivity contribution is 6.05. The molecule has 0 aromatic carbocycles. The first-order valence-electron chi connectivity index (χ1n) is 9.53. The van der Waals surface area contributed by atoms with E-state index >= 15 is 0 Å². The normalized spacial score (nSPS) is 22.2. The second kappa shape index (κ2) is 9.86. The van der Waals surface area contributed by atoms with Crippen LogP contribution in [0.2, 0.25) is 0 Å². The molecule has 26 heavy (non-hydrogen) atoms. The van der Waals surface area contributed by atoms with Gasteiger partial charge in [-0.25, -0.2) is 0 Å². The zero-order chi connectivity index (χ0) is 20.0. The van der Waals surface area contributed by atoms with Crippen LogP contribution in [0.4, 0.5) is 0 Å². The second-order valence-corrected chi connectivity index (χ2v) is 7.91. The summed E-state index contributed by atoms with van der Waals surface area (Å²) >= 11 is 0. The molecule has 4 atom stereocenters. The van der Waals surface area contributed by atoms with Crippen molar-refractivity contribution in [2.24, 2.45) is 17.8 Å². The minimum atomic E-state index is -0.869. The van der Waals surface area contributed by atoms with E-state index in [4.69, 9.17) is 0 Å². The number of hydrogen-bond donors (Lipinski definition) is 2. The summed E-state index contributed by atoms with van der Waals surface area (Å²) in [6.45, 7) is 11.6. The van der Waals surface area contributed by atoms with Gasteiger partial charge >= 0.3 is 0 Å². The minimum Gasteiger partial charge on any atom is -0.512 e. The SMILES string of the molecule is CCC(C)C(=O)CC1=C(O)C(CC=C(C)C)C(C(O)CC=C(C)C)C1=O. The third-order valence-electron chi connectivity index (χ3n) is 5.17. The molecule has 2 N–H and O–H groups in total. The molecule has 0 heterocycles. The number of carbonyl (C=O) groups is 2. The molecule has 0 aromatic rings. The number of aliphatic hydroxyl groups is 2. The average Bonchev–Trinajstić information content (AvgIpc) is 2.80. The molecule has 0 saturated heterocycles. The van der Waals surface area contributed by atoms with Gasteiger partial charge in [0.1, 0.15) is 11.5 Å². The van der Waals surface area contributed by atoms with E-state index in [9.17, 15) is 19.8 Å². The fourth-order valence-electron chi connectivity index (χ4n) is 3.22. The van der Waals surface area contributed by atoms with Gasteiger partial charge in [-0.3, -0.25) is 9.59 Å². The Morgan fingerprint density at radius 2 is 1.73 bits per heavy atom. The van der Waals surface area contributed by atoms with Crippen LogP contribution >= 0.6 is 0 Å². The van der Waals surface area contributed by atoms with E-state index in [-0.39, 0.29) is 35.2 Å². The maximum Gasteiger partial charge on any atom is 0.169 e. The monoisotopic (exact) mass is 362 g/mol. The molecule has 0 aromatic heterocycles. The lowest BCUT2D eigenvalue weighted by molar-refractivity contribution is -0.126. The Labute approximate surface area is 157 Å². The Kier molecular flexibility index (Phi) is 8.48. The van der Waals surface area contributed by atoms with E-state index < -0.39 is 17.9 Å². The van der Waals surface area contributed by atoms with E-state index in [0.29, 0.717) is 19.3 Å². The van der Waals surface area contributed by atoms with Gasteiger partial charge in [0.05, 0.1) is 12.0 Å². The van der Waals surface area contributed by atoms with Crippen LogP contribution in [0.1, 0.15) is 67.2 Å². The number of aliphatic hydroxyl groups excluding tert-OH is 2. The maximum atomic E-state index is 12.9. The van der Waals surface area contributed by atoms with E-state index in [0.717, 1.165) is 11.1 Å². The lowest BCUT2D eigenvalue weighted by Gasteiger charge is -2.23. The maximum absolute atomic E-state index is 12.9. The van der Waals surface area contributed by atoms with Crippen LogP contribution in [0.15, 0.2) is 34.6 Å². The summed E-state index contributed by atoms with van der Waals surface area (Å²) in [5.41, 5.74) is 2.36. The topological polar surface area (TPSA) is 74.6 Å². The van der Waals surface area contributed by atoms with Crippen molar-refractivity contribution >= 4 is 11.6 Å². The predicted molar refractivity (Wildman–Crippen MR) is 105 cm³/mol. The minimum absolute atomic E-state index is 0.00889. The zero-order valence-corrected chi connectivity index (χ0v) is 17.0. The fraction of sp³-hybridized carbons (Fsp3) is 0.636. The summed E-state index contributed by atoms with van der Waals surface area (Å²) in [6, 6.07) is 0. The Balaban J connectivity index is 3.14. The van der Waals surface area contributed by atoms with E-state index in [1.807, 2.05) is 53.7 Å². The molecule has 0 saturated carbocycles. The van der Waals surface area contributed by atoms with E-state index in [1.54, 1.807) is 0 Å². The van der Waals surface area contributed by atoms with Crippen LogP contribution in [0.3, 0.4) is 0 Å². The highest BCUT2D eigenvalue weighted by Crippen LogP contribution is 2.40. The number of hydrogen-bond acceptors (Lipinski definition) is 4. The predicted octanol–water partition coefficient (Wildman–Crippen LogP) is 4.69. The van der Waals surface area contributed by atoms with E-state index in [2.05, 4.69) is 0 Å². The Hall–Kier alpha value is -1.68. The van der Waals surface area contributed by atoms with Crippen molar-refractivity contribution in [1.82, 2.24) is 0 Å². The lowest BCUT2D eigenvalue weighted by atomic mass is 9.84. The van der Waals surface area contributed by atoms with Crippen molar-refractivity contribution in [3.05, 3.63) is 34.6 Å². The van der Waals surface area contributed by atoms with Gasteiger partial charge in [0.2, 0.25) is 0 Å². The molecule has 4 nitrogen and oxygen atoms in total. The van der Waals surface area contributed by atoms with Crippen molar-refractivity contribution in [1.29, 1.82) is 0 Å².